The van der Waals surface area contributed by atoms with Crippen LogP contribution in [0.3, 0.4) is 0 Å². The van der Waals surface area contributed by atoms with Crippen molar-refractivity contribution in [2.24, 2.45) is 0 Å². The monoisotopic (exact) mass is 1610 g/mol. The Morgan fingerprint density at radius 3 is 1.15 bits per heavy atom. The third kappa shape index (κ3) is 26.1. The Labute approximate surface area is 605 Å². The predicted molar refractivity (Wildman–Crippen MR) is 351 cm³/mol. The van der Waals surface area contributed by atoms with E-state index in [0.717, 1.165) is 25.1 Å². The third-order valence-electron chi connectivity index (χ3n) is 12.2. The number of imide groups is 2. The van der Waals surface area contributed by atoms with Gasteiger partial charge in [0.2, 0.25) is 0 Å². The molecular formula is C66H57AgBrN10Ni2O16S2-2. The average molecular weight is 1620 g/mol. The van der Waals surface area contributed by atoms with Gasteiger partial charge in [0.15, 0.2) is 0 Å². The molecule has 519 valence electrons. The third-order valence-corrected chi connectivity index (χ3v) is 14.9. The summed E-state index contributed by atoms with van der Waals surface area (Å²) in [6.45, 7) is 4.78. The Hall–Kier alpha value is -9.54. The fourth-order valence-corrected chi connectivity index (χ4v) is 10.2. The zero-order valence-electron chi connectivity index (χ0n) is 51.4. The molecule has 2 aliphatic rings. The standard InChI is InChI=1S/2C17H12N3O4S.2C11H8NO4.C5H5N.C5H12N.Ag.BrH.2Ni/c2*21-20(22)16-10-3-4-11-17(16)25(23,24)19-15-9-2-1-7-13(15)14-8-5-6-12-18-14;2*13-9-6-7-10(14)12(9)16-11(15)8-4-2-1-3-5-8;1-2-4-6-5-3-1;1-4-5-6(2)3;;;;/h2*1-12H;2*2-5H,6-7H2;1-5H;1,4-5H2,2-3H3;;1H;;/q4*-1;;-1;+1;;+1;+2/p-1. The summed E-state index contributed by atoms with van der Waals surface area (Å²) < 4.78 is 58.1. The largest absolute Gasteiger partial charge is 0.265 e. The Kier molecular flexibility index (Phi) is 36.2. The van der Waals surface area contributed by atoms with Gasteiger partial charge in [-0.2, -0.15) is 67.1 Å². The number of carbonyl (C=O) groups excluding carboxylic acids is 6. The number of rotatable bonds is 16. The second kappa shape index (κ2) is 42.9. The summed E-state index contributed by atoms with van der Waals surface area (Å²) in [5.74, 6) is -3.39. The predicted octanol–water partition coefficient (Wildman–Crippen LogP) is 12.2. The molecule has 98 heavy (non-hydrogen) atoms. The van der Waals surface area contributed by atoms with Crippen LogP contribution < -0.4 is 0 Å². The minimum Gasteiger partial charge on any atom is -0.265 e. The number of amides is 4. The number of pyridine rings is 3. The quantitative estimate of drug-likeness (QED) is 0.0285. The van der Waals surface area contributed by atoms with Crippen LogP contribution in [0.1, 0.15) is 52.8 Å². The van der Waals surface area contributed by atoms with Crippen LogP contribution in [0.5, 0.6) is 0 Å². The number of para-hydroxylation sites is 2. The molecular weight excluding hydrogens is 1560 g/mol. The van der Waals surface area contributed by atoms with Gasteiger partial charge in [-0.3, -0.25) is 54.4 Å². The molecule has 6 aromatic carbocycles. The van der Waals surface area contributed by atoms with E-state index in [1.165, 1.54) is 72.8 Å². The molecule has 0 radical (unpaired) electrons. The summed E-state index contributed by atoms with van der Waals surface area (Å²) in [5, 5.41) is 23.3. The van der Waals surface area contributed by atoms with Crippen molar-refractivity contribution in [2.75, 3.05) is 20.6 Å². The van der Waals surface area contributed by atoms with Gasteiger partial charge in [0.1, 0.15) is 29.8 Å². The molecule has 0 saturated carbocycles. The Balaban J connectivity index is 0.000000321. The van der Waals surface area contributed by atoms with E-state index in [1.807, 2.05) is 32.3 Å². The Bertz CT molecular complexity index is 4000. The molecule has 32 heteroatoms. The first-order valence-electron chi connectivity index (χ1n) is 28.0. The van der Waals surface area contributed by atoms with Gasteiger partial charge in [-0.1, -0.05) is 91.0 Å². The van der Waals surface area contributed by atoms with Crippen molar-refractivity contribution in [3.63, 3.8) is 0 Å². The maximum absolute atomic E-state index is 12.6. The summed E-state index contributed by atoms with van der Waals surface area (Å²) in [6.07, 6.45) is 8.05. The van der Waals surface area contributed by atoms with Crippen LogP contribution in [-0.2, 0) is 101 Å². The minimum absolute atomic E-state index is 0. The number of hydroxylamine groups is 4. The van der Waals surface area contributed by atoms with Gasteiger partial charge in [0, 0.05) is 62.6 Å². The Morgan fingerprint density at radius 1 is 0.541 bits per heavy atom. The van der Waals surface area contributed by atoms with E-state index in [1.54, 1.807) is 122 Å². The molecule has 9 aromatic rings. The van der Waals surface area contributed by atoms with Crippen molar-refractivity contribution in [3.05, 3.63) is 285 Å². The Morgan fingerprint density at radius 2 is 0.867 bits per heavy atom. The van der Waals surface area contributed by atoms with E-state index in [-0.39, 0.29) is 87.1 Å². The second-order valence-electron chi connectivity index (χ2n) is 19.2. The molecule has 0 spiro atoms. The van der Waals surface area contributed by atoms with Crippen LogP contribution in [0.2, 0.25) is 0 Å². The van der Waals surface area contributed by atoms with Crippen molar-refractivity contribution in [1.29, 1.82) is 0 Å². The summed E-state index contributed by atoms with van der Waals surface area (Å²) in [4.78, 5) is 111. The van der Waals surface area contributed by atoms with Gasteiger partial charge in [0.05, 0.1) is 21.2 Å². The molecule has 3 aromatic heterocycles. The minimum atomic E-state index is -4.26. The van der Waals surface area contributed by atoms with Crippen molar-refractivity contribution < 1.29 is 118 Å². The van der Waals surface area contributed by atoms with Crippen LogP contribution in [0, 0.1) is 39.3 Å². The molecule has 2 aliphatic heterocycles. The zero-order valence-corrected chi connectivity index (χ0v) is 58.1. The molecule has 0 aliphatic carbocycles. The van der Waals surface area contributed by atoms with Crippen LogP contribution in [0.15, 0.2) is 235 Å². The fourth-order valence-electron chi connectivity index (χ4n) is 7.86. The molecule has 2 saturated heterocycles. The average Bonchev–Trinajstić information content (AvgIpc) is 1.19. The van der Waals surface area contributed by atoms with Gasteiger partial charge in [0.25, 0.3) is 35.0 Å². The summed E-state index contributed by atoms with van der Waals surface area (Å²) >= 11 is 6.25. The van der Waals surface area contributed by atoms with Gasteiger partial charge >= 0.3 is 78.7 Å². The van der Waals surface area contributed by atoms with Gasteiger partial charge in [-0.15, -0.1) is 21.5 Å². The van der Waals surface area contributed by atoms with Gasteiger partial charge in [-0.25, -0.2) is 26.4 Å². The normalized spacial score (nSPS) is 11.8. The van der Waals surface area contributed by atoms with Crippen LogP contribution >= 0.6 is 14.2 Å². The number of benzene rings is 6. The maximum Gasteiger partial charge on any atom is 0.0267 e. The van der Waals surface area contributed by atoms with E-state index < -0.39 is 86.6 Å². The van der Waals surface area contributed by atoms with Crippen LogP contribution in [0.4, 0.5) is 22.7 Å². The van der Waals surface area contributed by atoms with Crippen molar-refractivity contribution in [1.82, 2.24) is 30.0 Å². The molecule has 0 bridgehead atoms. The number of hydrogen-bond donors (Lipinski definition) is 0. The van der Waals surface area contributed by atoms with E-state index in [9.17, 15) is 65.8 Å². The summed E-state index contributed by atoms with van der Waals surface area (Å²) in [6, 6.07) is 57.3. The molecule has 5 heterocycles. The number of nitro groups is 2. The number of hydrogen-bond acceptors (Lipinski definition) is 20. The SMILES string of the molecule is O=C(ON1C(=O)CCC1=O)c1cc[c-]cc1.O=C(ON1C(=O)CCC1=O)c1cc[c-]cc1.O=[N+]([O-])c1ccccc1S(=O)(=O)[N-]c1ccccc1-c1ccccn1.O=[N+]([O-])c1ccccc1S(=O)(=O)[N-]c1ccccc1-c1ccccn1.[Ag+].[CH2-]CCN(C)C.[Ni+2].[Ni][Br].c1ccncc1. The summed E-state index contributed by atoms with van der Waals surface area (Å²) in [5.41, 5.74) is 1.99. The fraction of sp³-hybridized carbons (Fsp3) is 0.121. The molecule has 26 nitrogen and oxygen atoms in total. The number of nitrogens with zero attached hydrogens (tertiary/aromatic N) is 10. The number of halogens is 1. The van der Waals surface area contributed by atoms with Gasteiger partial charge in [-0.05, 0) is 91.4 Å². The van der Waals surface area contributed by atoms with Crippen molar-refractivity contribution in [2.45, 2.75) is 41.9 Å². The molecule has 11 rings (SSSR count). The van der Waals surface area contributed by atoms with E-state index >= 15 is 0 Å². The number of nitro benzene ring substituents is 2. The molecule has 2 fully saturated rings. The first kappa shape index (κ1) is 82.7. The van der Waals surface area contributed by atoms with Crippen molar-refractivity contribution >= 4 is 92.6 Å². The smallest absolute Gasteiger partial charge is 0.0267 e. The van der Waals surface area contributed by atoms with E-state index in [4.69, 9.17) is 9.68 Å². The second-order valence-corrected chi connectivity index (χ2v) is 22.4. The van der Waals surface area contributed by atoms with E-state index in [2.05, 4.69) is 76.3 Å². The molecule has 0 unspecified atom stereocenters. The maximum atomic E-state index is 12.6. The number of sulfonamides is 2. The first-order valence-corrected chi connectivity index (χ1v) is 33.4. The number of carbonyl (C=O) groups is 6. The van der Waals surface area contributed by atoms with Crippen LogP contribution in [-0.4, -0.2) is 113 Å². The van der Waals surface area contributed by atoms with Gasteiger partial charge < -0.3 is 30.9 Å². The van der Waals surface area contributed by atoms with E-state index in [0.29, 0.717) is 32.6 Å². The molecule has 4 amide bonds. The molecule has 0 atom stereocenters. The first-order chi connectivity index (χ1) is 46.1. The zero-order chi connectivity index (χ0) is 70.0. The summed E-state index contributed by atoms with van der Waals surface area (Å²) in [7, 11) is -4.43. The topological polar surface area (TPSA) is 352 Å². The molecule has 0 N–H and O–H groups in total. The van der Waals surface area contributed by atoms with Crippen LogP contribution in [0.25, 0.3) is 32.0 Å². The van der Waals surface area contributed by atoms with Crippen molar-refractivity contribution in [3.8, 4) is 22.5 Å². The number of aromatic nitrogens is 3.